The van der Waals surface area contributed by atoms with Crippen LogP contribution in [0.1, 0.15) is 80.1 Å². The molecule has 40 nitrogen and oxygen atoms in total. The van der Waals surface area contributed by atoms with Crippen LogP contribution in [0.15, 0.2) is 0 Å². The van der Waals surface area contributed by atoms with Gasteiger partial charge in [0.25, 0.3) is 0 Å². The van der Waals surface area contributed by atoms with Crippen molar-refractivity contribution in [2.24, 2.45) is 5.92 Å². The van der Waals surface area contributed by atoms with E-state index in [0.29, 0.717) is 0 Å². The highest BCUT2D eigenvalue weighted by Crippen LogP contribution is 2.57. The number of amides is 8. The van der Waals surface area contributed by atoms with Crippen LogP contribution in [0.2, 0.25) is 0 Å². The van der Waals surface area contributed by atoms with Crippen molar-refractivity contribution in [2.45, 2.75) is 189 Å². The molecular weight excluding hydrogens is 1400 g/mol. The molecule has 8 amide bonds. The number of carbonyl (C=O) groups is 8. The molecular formula is C62H111N8O32P. The van der Waals surface area contributed by atoms with Crippen LogP contribution in [-0.2, 0) is 104 Å². The second-order valence-electron chi connectivity index (χ2n) is 25.7. The van der Waals surface area contributed by atoms with E-state index in [1.165, 1.54) is 20.8 Å². The molecule has 17 atom stereocenters. The molecule has 4 aliphatic rings. The van der Waals surface area contributed by atoms with E-state index in [1.807, 2.05) is 0 Å². The number of nitrogens with one attached hydrogen (secondary N) is 7. The molecule has 1 saturated carbocycles. The molecule has 0 aromatic carbocycles. The van der Waals surface area contributed by atoms with Gasteiger partial charge in [0.15, 0.2) is 18.9 Å². The summed E-state index contributed by atoms with van der Waals surface area (Å²) in [4.78, 5) is 116. The lowest BCUT2D eigenvalue weighted by Crippen LogP contribution is -2.64. The first-order chi connectivity index (χ1) is 48.9. The molecule has 0 spiro atoms. The van der Waals surface area contributed by atoms with Crippen LogP contribution in [0.3, 0.4) is 0 Å². The zero-order valence-corrected chi connectivity index (χ0v) is 60.1. The number of hydrogen-bond acceptors (Lipinski definition) is 31. The van der Waals surface area contributed by atoms with E-state index in [9.17, 15) is 93.8 Å². The van der Waals surface area contributed by atoms with Gasteiger partial charge in [-0.15, -0.1) is 0 Å². The van der Waals surface area contributed by atoms with Crippen molar-refractivity contribution in [1.29, 1.82) is 0 Å². The Labute approximate surface area is 597 Å². The Morgan fingerprint density at radius 2 is 0.796 bits per heavy atom. The number of hydrogen-bond donors (Lipinski definition) is 17. The summed E-state index contributed by atoms with van der Waals surface area (Å²) >= 11 is 0. The highest BCUT2D eigenvalue weighted by molar-refractivity contribution is 7.54. The first kappa shape index (κ1) is 90.5. The van der Waals surface area contributed by atoms with Gasteiger partial charge in [0, 0.05) is 52.7 Å². The molecule has 596 valence electrons. The Balaban J connectivity index is 1.34. The van der Waals surface area contributed by atoms with Gasteiger partial charge in [-0.05, 0) is 52.9 Å². The number of carbonyl (C=O) groups excluding carboxylic acids is 8. The van der Waals surface area contributed by atoms with E-state index in [2.05, 4.69) is 37.2 Å². The summed E-state index contributed by atoms with van der Waals surface area (Å²) in [6.07, 6.45) is -16.6. The summed E-state index contributed by atoms with van der Waals surface area (Å²) in [5.41, 5.74) is 0. The zero-order chi connectivity index (χ0) is 76.2. The van der Waals surface area contributed by atoms with Gasteiger partial charge in [-0.2, -0.15) is 0 Å². The van der Waals surface area contributed by atoms with Crippen LogP contribution in [0.25, 0.3) is 0 Å². The molecule has 1 aliphatic carbocycles. The van der Waals surface area contributed by atoms with Crippen LogP contribution in [0.5, 0.6) is 0 Å². The SMILES string of the molecule is CC(=O)NC1C(OCCOCCOCCNC(=O)CCC(NC(=O)C2CCC(OP(=O)(O)C(C)(C)C)CC2)C(=O)N(CC(=O)NCCOCCOCCOC2OC(CO)C(O)C(O)C2NC(C)=O)CC(=O)NCCOCCOCCOC2OC(CO)C(O)C(O)C2NC(C)=O)OC(CO)C(O)C1O. The van der Waals surface area contributed by atoms with Gasteiger partial charge in [0.2, 0.25) is 47.3 Å². The number of ether oxygens (including phenoxy) is 12. The molecule has 3 saturated heterocycles. The molecule has 3 aliphatic heterocycles. The molecule has 17 N–H and O–H groups in total. The monoisotopic (exact) mass is 1510 g/mol. The molecule has 17 unspecified atom stereocenters. The van der Waals surface area contributed by atoms with Gasteiger partial charge in [0.05, 0.1) is 130 Å². The number of aliphatic hydroxyl groups is 9. The fraction of sp³-hybridized carbons (Fsp3) is 0.871. The van der Waals surface area contributed by atoms with Crippen LogP contribution in [0, 0.1) is 5.92 Å². The van der Waals surface area contributed by atoms with Crippen LogP contribution < -0.4 is 37.2 Å². The Morgan fingerprint density at radius 3 is 1.12 bits per heavy atom. The van der Waals surface area contributed by atoms with Gasteiger partial charge >= 0.3 is 7.60 Å². The fourth-order valence-electron chi connectivity index (χ4n) is 10.9. The fourth-order valence-corrected chi connectivity index (χ4v) is 11.8. The van der Waals surface area contributed by atoms with Crippen LogP contribution in [0.4, 0.5) is 0 Å². The Hall–Kier alpha value is -4.93. The van der Waals surface area contributed by atoms with Gasteiger partial charge < -0.3 is 154 Å². The van der Waals surface area contributed by atoms with Gasteiger partial charge in [-0.3, -0.25) is 42.9 Å². The number of nitrogens with zero attached hydrogens (tertiary/aromatic N) is 1. The summed E-state index contributed by atoms with van der Waals surface area (Å²) in [6.45, 7) is 4.73. The van der Waals surface area contributed by atoms with E-state index >= 15 is 0 Å². The number of aliphatic hydroxyl groups excluding tert-OH is 9. The standard InChI is InChI=1S/C62H111N8O32P/c1-36(74)66-48-54(83)51(80)42(33-71)99-59(48)96-28-25-93-22-19-90-16-13-63-45(77)12-11-41(69-57(86)39-7-9-40(10-8-39)102-103(88,89)62(4,5)6)58(87)70(31-46(78)64-14-17-91-20-23-94-26-29-97-60-49(67-37(2)75)55(84)52(81)43(34-72)100-60)32-47(79)65-15-18-92-21-24-95-27-30-98-61-50(68-38(3)76)56(85)53(82)44(35-73)101-61/h39-44,48-56,59-61,71-73,80-85H,7-35H2,1-6H3,(H,63,77)(H,64,78)(H,65,79)(H,66,74)(H,67,75)(H,68,76)(H,69,86)(H,88,89). The van der Waals surface area contributed by atoms with Crippen molar-refractivity contribution in [3.63, 3.8) is 0 Å². The minimum absolute atomic E-state index is 0.00170. The smallest absolute Gasteiger partial charge is 0.333 e. The molecule has 0 bridgehead atoms. The predicted octanol–water partition coefficient (Wildman–Crippen LogP) is -8.03. The minimum atomic E-state index is -4.06. The predicted molar refractivity (Wildman–Crippen MR) is 352 cm³/mol. The van der Waals surface area contributed by atoms with E-state index < -0.39 is 203 Å². The van der Waals surface area contributed by atoms with Crippen molar-refractivity contribution in [3.05, 3.63) is 0 Å². The van der Waals surface area contributed by atoms with E-state index in [0.717, 1.165) is 4.90 Å². The second kappa shape index (κ2) is 47.7. The summed E-state index contributed by atoms with van der Waals surface area (Å²) in [5, 5.41) is 108. The van der Waals surface area contributed by atoms with Crippen molar-refractivity contribution in [2.75, 3.05) is 152 Å². The topological polar surface area (TPSA) is 563 Å². The Bertz CT molecular complexity index is 2520. The maximum atomic E-state index is 14.8. The normalized spacial score (nSPS) is 28.2. The molecule has 4 rings (SSSR count). The van der Waals surface area contributed by atoms with E-state index in [1.54, 1.807) is 20.8 Å². The molecule has 41 heteroatoms. The van der Waals surface area contributed by atoms with Crippen molar-refractivity contribution in [1.82, 2.24) is 42.1 Å². The van der Waals surface area contributed by atoms with Crippen molar-refractivity contribution >= 4 is 54.9 Å². The minimum Gasteiger partial charge on any atom is -0.394 e. The quantitative estimate of drug-likeness (QED) is 0.0199. The summed E-state index contributed by atoms with van der Waals surface area (Å²) < 4.78 is 85.5. The molecule has 0 radical (unpaired) electrons. The van der Waals surface area contributed by atoms with Crippen molar-refractivity contribution in [3.8, 4) is 0 Å². The van der Waals surface area contributed by atoms with E-state index in [-0.39, 0.29) is 157 Å². The van der Waals surface area contributed by atoms with Crippen LogP contribution in [-0.4, -0.2) is 364 Å². The van der Waals surface area contributed by atoms with E-state index in [4.69, 9.17) is 61.4 Å². The van der Waals surface area contributed by atoms with Crippen LogP contribution >= 0.6 is 7.60 Å². The Morgan fingerprint density at radius 1 is 0.476 bits per heavy atom. The largest absolute Gasteiger partial charge is 0.394 e. The molecule has 4 fully saturated rings. The summed E-state index contributed by atoms with van der Waals surface area (Å²) in [5.74, 6) is -5.85. The first-order valence-corrected chi connectivity index (χ1v) is 35.9. The van der Waals surface area contributed by atoms with Crippen molar-refractivity contribution < 1.29 is 155 Å². The van der Waals surface area contributed by atoms with Gasteiger partial charge in [-0.25, -0.2) is 0 Å². The second-order valence-corrected chi connectivity index (χ2v) is 28.3. The lowest BCUT2D eigenvalue weighted by atomic mass is 9.86. The molecule has 103 heavy (non-hydrogen) atoms. The maximum Gasteiger partial charge on any atom is 0.333 e. The number of rotatable bonds is 48. The third kappa shape index (κ3) is 32.2. The first-order valence-electron chi connectivity index (χ1n) is 34.3. The summed E-state index contributed by atoms with van der Waals surface area (Å²) in [6, 6.07) is -4.92. The molecule has 3 heterocycles. The average Bonchev–Trinajstić information content (AvgIpc) is 0.824. The third-order valence-electron chi connectivity index (χ3n) is 16.5. The highest BCUT2D eigenvalue weighted by atomic mass is 31.2. The zero-order valence-electron chi connectivity index (χ0n) is 59.2. The molecule has 0 aromatic heterocycles. The Kier molecular flexibility index (Phi) is 41.9. The van der Waals surface area contributed by atoms with Gasteiger partial charge in [0.1, 0.15) is 92.2 Å². The lowest BCUT2D eigenvalue weighted by molar-refractivity contribution is -0.272. The lowest BCUT2D eigenvalue weighted by Gasteiger charge is -2.42. The average molecular weight is 1510 g/mol. The maximum absolute atomic E-state index is 14.8. The summed E-state index contributed by atoms with van der Waals surface area (Å²) in [7, 11) is -4.06. The molecule has 0 aromatic rings. The van der Waals surface area contributed by atoms with Gasteiger partial charge in [-0.1, -0.05) is 0 Å². The third-order valence-corrected chi connectivity index (χ3v) is 18.8. The highest BCUT2D eigenvalue weighted by Gasteiger charge is 2.48.